The minimum atomic E-state index is -0.233. The van der Waals surface area contributed by atoms with Crippen molar-refractivity contribution in [2.45, 2.75) is 70.8 Å². The summed E-state index contributed by atoms with van der Waals surface area (Å²) in [6.07, 6.45) is 5.60. The summed E-state index contributed by atoms with van der Waals surface area (Å²) in [5.41, 5.74) is 5.97. The van der Waals surface area contributed by atoms with E-state index in [1.165, 1.54) is 11.1 Å². The van der Waals surface area contributed by atoms with Crippen LogP contribution >= 0.6 is 0 Å². The number of benzene rings is 2. The van der Waals surface area contributed by atoms with Gasteiger partial charge < -0.3 is 10.4 Å². The van der Waals surface area contributed by atoms with Crippen molar-refractivity contribution in [1.29, 1.82) is 0 Å². The van der Waals surface area contributed by atoms with Gasteiger partial charge in [0.25, 0.3) is 0 Å². The number of carbonyl (C=O) groups excluding carboxylic acids is 1. The number of aromatic hydroxyl groups is 1. The normalized spacial score (nSPS) is 18.7. The lowest BCUT2D eigenvalue weighted by Crippen LogP contribution is -2.39. The summed E-state index contributed by atoms with van der Waals surface area (Å²) in [6, 6.07) is 14.4. The van der Waals surface area contributed by atoms with Crippen molar-refractivity contribution in [2.75, 3.05) is 5.32 Å². The topological polar surface area (TPSA) is 49.3 Å². The van der Waals surface area contributed by atoms with Gasteiger partial charge >= 0.3 is 0 Å². The fourth-order valence-corrected chi connectivity index (χ4v) is 4.92. The molecule has 1 heterocycles. The van der Waals surface area contributed by atoms with Crippen LogP contribution in [-0.4, -0.2) is 16.4 Å². The van der Waals surface area contributed by atoms with Crippen molar-refractivity contribution >= 4 is 17.0 Å². The number of allylic oxidation sites excluding steroid dienone is 1. The van der Waals surface area contributed by atoms with Crippen molar-refractivity contribution in [3.8, 4) is 5.75 Å². The largest absolute Gasteiger partial charge is 0.508 e. The molecule has 0 bridgehead atoms. The molecule has 1 atom stereocenters. The maximum Gasteiger partial charge on any atom is 0.163 e. The summed E-state index contributed by atoms with van der Waals surface area (Å²) < 4.78 is 0. The van der Waals surface area contributed by atoms with Gasteiger partial charge in [-0.2, -0.15) is 0 Å². The van der Waals surface area contributed by atoms with Crippen LogP contribution in [0.15, 0.2) is 48.0 Å². The molecule has 152 valence electrons. The number of phenolic OH excluding ortho intramolecular Hbond substituents is 1. The Labute approximate surface area is 173 Å². The zero-order valence-electron chi connectivity index (χ0n) is 17.7. The molecule has 0 saturated carbocycles. The van der Waals surface area contributed by atoms with E-state index in [1.54, 1.807) is 0 Å². The Hall–Kier alpha value is -2.55. The predicted octanol–water partition coefficient (Wildman–Crippen LogP) is 6.23. The number of carbonyl (C=O) groups is 1. The molecule has 2 aromatic carbocycles. The molecule has 0 fully saturated rings. The van der Waals surface area contributed by atoms with E-state index in [9.17, 15) is 9.90 Å². The zero-order valence-corrected chi connectivity index (χ0v) is 17.7. The number of aryl methyl sites for hydroxylation is 1. The van der Waals surface area contributed by atoms with E-state index in [-0.39, 0.29) is 17.2 Å². The van der Waals surface area contributed by atoms with Crippen LogP contribution in [0.25, 0.3) is 5.57 Å². The maximum absolute atomic E-state index is 12.7. The first kappa shape index (κ1) is 19.8. The van der Waals surface area contributed by atoms with E-state index in [2.05, 4.69) is 56.4 Å². The minimum absolute atomic E-state index is 0.213. The third-order valence-corrected chi connectivity index (χ3v) is 6.53. The molecule has 0 spiro atoms. The van der Waals surface area contributed by atoms with Gasteiger partial charge in [-0.05, 0) is 80.7 Å². The van der Waals surface area contributed by atoms with E-state index in [0.717, 1.165) is 54.5 Å². The fraction of sp³-hybridized carbons (Fsp3) is 0.423. The first-order chi connectivity index (χ1) is 13.9. The first-order valence-corrected chi connectivity index (χ1v) is 10.8. The molecule has 1 aliphatic carbocycles. The highest BCUT2D eigenvalue weighted by molar-refractivity contribution is 6.25. The Morgan fingerprint density at radius 1 is 1.14 bits per heavy atom. The van der Waals surface area contributed by atoms with E-state index in [0.29, 0.717) is 12.2 Å². The molecule has 29 heavy (non-hydrogen) atoms. The van der Waals surface area contributed by atoms with E-state index in [1.807, 2.05) is 12.1 Å². The molecule has 3 heteroatoms. The van der Waals surface area contributed by atoms with Crippen LogP contribution in [0.1, 0.15) is 75.5 Å². The lowest BCUT2D eigenvalue weighted by atomic mass is 9.74. The van der Waals surface area contributed by atoms with Gasteiger partial charge in [0.05, 0.1) is 5.54 Å². The molecular formula is C26H31NO2. The number of rotatable bonds is 5. The second-order valence-corrected chi connectivity index (χ2v) is 9.12. The highest BCUT2D eigenvalue weighted by Gasteiger charge is 2.37. The third kappa shape index (κ3) is 3.83. The number of phenols is 1. The van der Waals surface area contributed by atoms with Crippen LogP contribution in [0.5, 0.6) is 5.75 Å². The van der Waals surface area contributed by atoms with Crippen LogP contribution in [0.4, 0.5) is 5.69 Å². The van der Waals surface area contributed by atoms with Gasteiger partial charge in [0.2, 0.25) is 0 Å². The van der Waals surface area contributed by atoms with Gasteiger partial charge in [-0.25, -0.2) is 0 Å². The van der Waals surface area contributed by atoms with E-state index < -0.39 is 0 Å². The van der Waals surface area contributed by atoms with Crippen LogP contribution in [0, 0.1) is 0 Å². The molecular weight excluding hydrogens is 358 g/mol. The summed E-state index contributed by atoms with van der Waals surface area (Å²) in [4.78, 5) is 12.7. The molecule has 0 aromatic heterocycles. The lowest BCUT2D eigenvalue weighted by Gasteiger charge is -2.40. The second kappa shape index (κ2) is 7.70. The fourth-order valence-electron chi connectivity index (χ4n) is 4.92. The van der Waals surface area contributed by atoms with Gasteiger partial charge in [0.1, 0.15) is 5.75 Å². The predicted molar refractivity (Wildman–Crippen MR) is 119 cm³/mol. The van der Waals surface area contributed by atoms with Crippen molar-refractivity contribution in [1.82, 2.24) is 0 Å². The van der Waals surface area contributed by atoms with Gasteiger partial charge in [0, 0.05) is 23.2 Å². The van der Waals surface area contributed by atoms with Gasteiger partial charge in [-0.1, -0.05) is 37.3 Å². The zero-order chi connectivity index (χ0) is 20.6. The number of fused-ring (bicyclic) bond motifs is 2. The van der Waals surface area contributed by atoms with Crippen molar-refractivity contribution in [3.63, 3.8) is 0 Å². The smallest absolute Gasteiger partial charge is 0.163 e. The highest BCUT2D eigenvalue weighted by atomic mass is 16.3. The number of hydrogen-bond acceptors (Lipinski definition) is 3. The summed E-state index contributed by atoms with van der Waals surface area (Å²) in [7, 11) is 0. The molecule has 4 rings (SSSR count). The number of Topliss-reactive ketones (excluding diaryl/α,β-unsaturated/α-hetero) is 1. The molecule has 2 aromatic rings. The minimum Gasteiger partial charge on any atom is -0.508 e. The Morgan fingerprint density at radius 2 is 1.90 bits per heavy atom. The molecule has 0 radical (unpaired) electrons. The molecule has 3 nitrogen and oxygen atoms in total. The number of anilines is 1. The Kier molecular flexibility index (Phi) is 5.24. The van der Waals surface area contributed by atoms with Gasteiger partial charge in [0.15, 0.2) is 5.78 Å². The molecule has 0 amide bonds. The number of nitrogens with one attached hydrogen (secondary N) is 1. The highest BCUT2D eigenvalue weighted by Crippen LogP contribution is 2.47. The van der Waals surface area contributed by atoms with Crippen LogP contribution in [0.3, 0.4) is 0 Å². The van der Waals surface area contributed by atoms with Crippen molar-refractivity contribution in [3.05, 3.63) is 64.7 Å². The average molecular weight is 390 g/mol. The summed E-state index contributed by atoms with van der Waals surface area (Å²) >= 11 is 0. The Morgan fingerprint density at radius 3 is 2.66 bits per heavy atom. The van der Waals surface area contributed by atoms with Gasteiger partial charge in [-0.15, -0.1) is 0 Å². The number of hydrogen-bond donors (Lipinski definition) is 2. The number of ketones is 1. The van der Waals surface area contributed by atoms with E-state index >= 15 is 0 Å². The maximum atomic E-state index is 12.7. The molecule has 0 saturated heterocycles. The quantitative estimate of drug-likeness (QED) is 0.596. The van der Waals surface area contributed by atoms with Crippen LogP contribution in [0.2, 0.25) is 0 Å². The van der Waals surface area contributed by atoms with Crippen LogP contribution < -0.4 is 5.32 Å². The third-order valence-electron chi connectivity index (χ3n) is 6.53. The summed E-state index contributed by atoms with van der Waals surface area (Å²) in [6.45, 7) is 6.48. The van der Waals surface area contributed by atoms with Crippen molar-refractivity contribution in [2.24, 2.45) is 0 Å². The van der Waals surface area contributed by atoms with Crippen molar-refractivity contribution < 1.29 is 9.90 Å². The second-order valence-electron chi connectivity index (χ2n) is 9.12. The monoisotopic (exact) mass is 389 g/mol. The first-order valence-electron chi connectivity index (χ1n) is 10.8. The molecule has 1 aliphatic heterocycles. The van der Waals surface area contributed by atoms with Crippen LogP contribution in [-0.2, 0) is 11.2 Å². The Balaban J connectivity index is 1.58. The Bertz CT molecular complexity index is 956. The van der Waals surface area contributed by atoms with E-state index in [4.69, 9.17) is 0 Å². The molecule has 1 unspecified atom stereocenters. The molecule has 2 aliphatic rings. The summed E-state index contributed by atoms with van der Waals surface area (Å²) in [5.74, 6) is 0.777. The van der Waals surface area contributed by atoms with Gasteiger partial charge in [-0.3, -0.25) is 4.79 Å². The average Bonchev–Trinajstić information content (AvgIpc) is 2.69. The molecule has 2 N–H and O–H groups in total. The lowest BCUT2D eigenvalue weighted by molar-refractivity contribution is -0.114. The SMILES string of the molecule is CC(CCCc1ccccc1)c1cc2c(cc1O)C1=C(CCCC1=O)C(C)(C)N2. The standard InChI is InChI=1S/C26H31NO2/c1-17(9-7-12-18-10-5-4-6-11-18)19-15-22-20(16-24(19)29)25-21(26(2,3)27-22)13-8-14-23(25)28/h4-6,10-11,15-17,27,29H,7-9,12-14H2,1-3H3. The summed E-state index contributed by atoms with van der Waals surface area (Å²) in [5, 5.41) is 14.4.